The topological polar surface area (TPSA) is 160 Å². The second-order valence-electron chi connectivity index (χ2n) is 11.7. The summed E-state index contributed by atoms with van der Waals surface area (Å²) in [6, 6.07) is 24.3. The van der Waals surface area contributed by atoms with Gasteiger partial charge in [0.05, 0.1) is 5.69 Å². The maximum absolute atomic E-state index is 13.5. The number of carbonyl (C=O) groups is 1. The Morgan fingerprint density at radius 2 is 1.83 bits per heavy atom. The predicted molar refractivity (Wildman–Crippen MR) is 182 cm³/mol. The fourth-order valence-corrected chi connectivity index (χ4v) is 5.94. The first-order chi connectivity index (χ1) is 22.2. The van der Waals surface area contributed by atoms with Crippen molar-refractivity contribution in [2.45, 2.75) is 26.2 Å². The second-order valence-corrected chi connectivity index (χ2v) is 11.7. The van der Waals surface area contributed by atoms with Gasteiger partial charge < -0.3 is 31.2 Å². The third kappa shape index (κ3) is 6.71. The molecular formula is C36H36N6O4. The number of hydrogen-bond donors (Lipinski definition) is 4. The van der Waals surface area contributed by atoms with E-state index in [1.165, 1.54) is 24.6 Å². The average Bonchev–Trinajstić information content (AvgIpc) is 3.04. The third-order valence-corrected chi connectivity index (χ3v) is 8.21. The molecule has 3 aromatic carbocycles. The molecule has 6 rings (SSSR count). The zero-order valence-corrected chi connectivity index (χ0v) is 25.6. The van der Waals surface area contributed by atoms with Crippen molar-refractivity contribution in [3.8, 4) is 28.2 Å². The van der Waals surface area contributed by atoms with Crippen molar-refractivity contribution in [3.63, 3.8) is 0 Å². The van der Waals surface area contributed by atoms with E-state index in [0.717, 1.165) is 30.6 Å². The van der Waals surface area contributed by atoms with E-state index >= 15 is 0 Å². The maximum Gasteiger partial charge on any atom is 0.251 e. The number of amides is 1. The minimum absolute atomic E-state index is 0.0370. The van der Waals surface area contributed by atoms with E-state index in [4.69, 9.17) is 15.9 Å². The summed E-state index contributed by atoms with van der Waals surface area (Å²) in [5.74, 6) is 1.24. The smallest absolute Gasteiger partial charge is 0.251 e. The van der Waals surface area contributed by atoms with Crippen molar-refractivity contribution in [1.82, 2.24) is 10.2 Å². The number of guanidine groups is 2. The fourth-order valence-electron chi connectivity index (χ4n) is 5.94. The van der Waals surface area contributed by atoms with Crippen LogP contribution in [0.15, 0.2) is 104 Å². The number of rotatable bonds is 6. The number of piperidine rings is 1. The van der Waals surface area contributed by atoms with E-state index in [9.17, 15) is 14.7 Å². The molecule has 0 aromatic heterocycles. The molecule has 10 heteroatoms. The summed E-state index contributed by atoms with van der Waals surface area (Å²) >= 11 is 0. The molecule has 3 aliphatic rings. The van der Waals surface area contributed by atoms with Crippen molar-refractivity contribution in [2.75, 3.05) is 19.6 Å². The van der Waals surface area contributed by atoms with Gasteiger partial charge in [-0.3, -0.25) is 9.59 Å². The molecule has 6 N–H and O–H groups in total. The number of phenolic OH excluding ortho intramolecular Hbond substituents is 1. The monoisotopic (exact) mass is 616 g/mol. The molecule has 1 amide bonds. The lowest BCUT2D eigenvalue weighted by atomic mass is 9.90. The van der Waals surface area contributed by atoms with Crippen LogP contribution >= 0.6 is 0 Å². The van der Waals surface area contributed by atoms with Crippen LogP contribution in [0, 0.1) is 5.92 Å². The highest BCUT2D eigenvalue weighted by Crippen LogP contribution is 2.41. The van der Waals surface area contributed by atoms with Crippen LogP contribution < -0.4 is 22.2 Å². The van der Waals surface area contributed by atoms with Gasteiger partial charge in [-0.2, -0.15) is 4.99 Å². The highest BCUT2D eigenvalue weighted by Gasteiger charge is 2.22. The number of nitrogens with two attached hydrogens (primary N) is 2. The van der Waals surface area contributed by atoms with Crippen LogP contribution in [0.2, 0.25) is 0 Å². The Balaban J connectivity index is 1.16. The summed E-state index contributed by atoms with van der Waals surface area (Å²) in [5.41, 5.74) is 16.7. The second kappa shape index (κ2) is 13.2. The third-order valence-electron chi connectivity index (χ3n) is 8.21. The molecule has 2 aliphatic heterocycles. The van der Waals surface area contributed by atoms with Gasteiger partial charge in [0.15, 0.2) is 11.4 Å². The maximum atomic E-state index is 13.5. The Morgan fingerprint density at radius 3 is 2.63 bits per heavy atom. The molecular weight excluding hydrogens is 580 g/mol. The molecule has 10 nitrogen and oxygen atoms in total. The van der Waals surface area contributed by atoms with Gasteiger partial charge in [-0.25, -0.2) is 4.99 Å². The Bertz CT molecular complexity index is 1980. The molecule has 1 aliphatic carbocycles. The normalized spacial score (nSPS) is 15.8. The zero-order chi connectivity index (χ0) is 32.2. The number of hydrogen-bond acceptors (Lipinski definition) is 5. The van der Waals surface area contributed by atoms with Gasteiger partial charge in [-0.05, 0) is 78.8 Å². The first-order valence-corrected chi connectivity index (χ1v) is 15.3. The van der Waals surface area contributed by atoms with Crippen LogP contribution in [-0.4, -0.2) is 47.5 Å². The number of nitrogens with zero attached hydrogens (tertiary/aromatic N) is 3. The molecule has 3 aromatic rings. The minimum atomic E-state index is -0.232. The van der Waals surface area contributed by atoms with E-state index in [1.807, 2.05) is 47.4 Å². The summed E-state index contributed by atoms with van der Waals surface area (Å²) in [6.45, 7) is 4.35. The Kier molecular flexibility index (Phi) is 8.69. The summed E-state index contributed by atoms with van der Waals surface area (Å²) in [5, 5.41) is 13.8. The molecule has 234 valence electrons. The summed E-state index contributed by atoms with van der Waals surface area (Å²) in [7, 11) is 0. The SMILES string of the molecule is CC1CCCN(C(N)=NC(N)=Nc2ccc(CCNC(=O)c3ccccc3-c3c4ccc(=O)cc-4oc4cc(O)ccc34)cc2)C1. The number of aliphatic imine (C=N–C) groups is 2. The molecule has 0 bridgehead atoms. The van der Waals surface area contributed by atoms with E-state index in [2.05, 4.69) is 22.2 Å². The quantitative estimate of drug-likeness (QED) is 0.115. The summed E-state index contributed by atoms with van der Waals surface area (Å²) in [4.78, 5) is 36.4. The van der Waals surface area contributed by atoms with Gasteiger partial charge in [-0.15, -0.1) is 0 Å². The molecule has 1 fully saturated rings. The van der Waals surface area contributed by atoms with Gasteiger partial charge in [0.2, 0.25) is 5.96 Å². The van der Waals surface area contributed by atoms with Crippen LogP contribution in [0.25, 0.3) is 33.4 Å². The molecule has 0 radical (unpaired) electrons. The van der Waals surface area contributed by atoms with Crippen LogP contribution in [0.3, 0.4) is 0 Å². The van der Waals surface area contributed by atoms with Crippen LogP contribution in [0.4, 0.5) is 5.69 Å². The largest absolute Gasteiger partial charge is 0.508 e. The highest BCUT2D eigenvalue weighted by atomic mass is 16.3. The van der Waals surface area contributed by atoms with Crippen LogP contribution in [0.5, 0.6) is 5.75 Å². The van der Waals surface area contributed by atoms with Crippen LogP contribution in [0.1, 0.15) is 35.7 Å². The lowest BCUT2D eigenvalue weighted by Crippen LogP contribution is -2.44. The van der Waals surface area contributed by atoms with Crippen LogP contribution in [-0.2, 0) is 6.42 Å². The zero-order valence-electron chi connectivity index (χ0n) is 25.6. The first kappa shape index (κ1) is 30.4. The Morgan fingerprint density at radius 1 is 1.02 bits per heavy atom. The number of benzene rings is 4. The van der Waals surface area contributed by atoms with Gasteiger partial charge >= 0.3 is 0 Å². The number of phenols is 1. The molecule has 1 atom stereocenters. The fraction of sp³-hybridized carbons (Fsp3) is 0.222. The Labute approximate surface area is 266 Å². The van der Waals surface area contributed by atoms with Crippen molar-refractivity contribution >= 4 is 34.5 Å². The molecule has 46 heavy (non-hydrogen) atoms. The Hall–Kier alpha value is -5.64. The summed E-state index contributed by atoms with van der Waals surface area (Å²) < 4.78 is 5.97. The lowest BCUT2D eigenvalue weighted by molar-refractivity contribution is 0.0954. The number of nitrogens with one attached hydrogen (secondary N) is 1. The van der Waals surface area contributed by atoms with E-state index in [-0.39, 0.29) is 23.0 Å². The van der Waals surface area contributed by atoms with Crippen molar-refractivity contribution in [2.24, 2.45) is 27.4 Å². The molecule has 0 spiro atoms. The van der Waals surface area contributed by atoms with Gasteiger partial charge in [-0.1, -0.05) is 37.3 Å². The average molecular weight is 617 g/mol. The lowest BCUT2D eigenvalue weighted by Gasteiger charge is -2.31. The van der Waals surface area contributed by atoms with Crippen molar-refractivity contribution in [3.05, 3.63) is 106 Å². The molecule has 2 heterocycles. The first-order valence-electron chi connectivity index (χ1n) is 15.3. The van der Waals surface area contributed by atoms with E-state index < -0.39 is 0 Å². The van der Waals surface area contributed by atoms with E-state index in [1.54, 1.807) is 24.3 Å². The number of aromatic hydroxyl groups is 1. The van der Waals surface area contributed by atoms with Gasteiger partial charge in [0.25, 0.3) is 5.91 Å². The molecule has 0 saturated carbocycles. The minimum Gasteiger partial charge on any atom is -0.508 e. The standard InChI is InChI=1S/C36H36N6O4/c1-22-5-4-18-42(21-22)36(38)41-35(37)40-24-10-8-23(9-11-24)16-17-39-34(45)28-7-3-2-6-27(28)33-29-14-12-25(43)19-31(29)46-32-20-26(44)13-15-30(32)33/h2-3,6-15,19-20,22,43H,4-5,16-18,21H2,1H3,(H,39,45)(H4,37,38,40,41). The van der Waals surface area contributed by atoms with Gasteiger partial charge in [0.1, 0.15) is 17.1 Å². The highest BCUT2D eigenvalue weighted by molar-refractivity contribution is 6.09. The van der Waals surface area contributed by atoms with Crippen molar-refractivity contribution in [1.29, 1.82) is 0 Å². The van der Waals surface area contributed by atoms with Gasteiger partial charge in [0, 0.05) is 53.8 Å². The molecule has 1 saturated heterocycles. The van der Waals surface area contributed by atoms with E-state index in [0.29, 0.717) is 64.0 Å². The predicted octanol–water partition coefficient (Wildman–Crippen LogP) is 5.24. The van der Waals surface area contributed by atoms with Crippen molar-refractivity contribution < 1.29 is 14.3 Å². The summed E-state index contributed by atoms with van der Waals surface area (Å²) in [6.07, 6.45) is 2.87. The number of likely N-dealkylation sites (tertiary alicyclic amines) is 1. The number of carbonyl (C=O) groups excluding carboxylic acids is 1. The molecule has 1 unspecified atom stereocenters. The number of fused-ring (bicyclic) bond motifs is 2.